The van der Waals surface area contributed by atoms with E-state index in [9.17, 15) is 9.90 Å². The van der Waals surface area contributed by atoms with Crippen LogP contribution in [0.4, 0.5) is 5.69 Å². The first-order valence-corrected chi connectivity index (χ1v) is 10.5. The lowest BCUT2D eigenvalue weighted by molar-refractivity contribution is -0.157. The van der Waals surface area contributed by atoms with Crippen molar-refractivity contribution in [1.29, 1.82) is 0 Å². The van der Waals surface area contributed by atoms with Crippen LogP contribution in [0.2, 0.25) is 0 Å². The summed E-state index contributed by atoms with van der Waals surface area (Å²) in [5.41, 5.74) is 2.88. The zero-order valence-electron chi connectivity index (χ0n) is 16.5. The van der Waals surface area contributed by atoms with Crippen molar-refractivity contribution in [3.8, 4) is 0 Å². The van der Waals surface area contributed by atoms with E-state index >= 15 is 0 Å². The largest absolute Gasteiger partial charge is 0.461 e. The Balaban J connectivity index is 1.93. The minimum atomic E-state index is -1.36. The van der Waals surface area contributed by atoms with Gasteiger partial charge < -0.3 is 19.5 Å². The first kappa shape index (κ1) is 20.6. The molecule has 3 rings (SSSR count). The maximum absolute atomic E-state index is 12.4. The molecule has 0 unspecified atom stereocenters. The van der Waals surface area contributed by atoms with Gasteiger partial charge in [-0.25, -0.2) is 4.79 Å². The second-order valence-corrected chi connectivity index (χ2v) is 8.66. The van der Waals surface area contributed by atoms with Crippen LogP contribution in [-0.2, 0) is 14.3 Å². The number of ether oxygens (including phenoxy) is 2. The maximum atomic E-state index is 12.4. The molecule has 1 atom stereocenters. The molecule has 27 heavy (non-hydrogen) atoms. The van der Waals surface area contributed by atoms with Crippen LogP contribution in [0.25, 0.3) is 0 Å². The standard InChI is InChI=1S/C20H29BrN2O4/c1-12(2)27-19(25)18(24)15-13(3)22-14(4)16(21)17(15)23-9-7-20(8-10-23)6-5-11-26-20/h12,18,24H,5-11H2,1-4H3/t18-/m0/s1. The first-order valence-electron chi connectivity index (χ1n) is 9.68. The number of aliphatic hydroxyl groups excluding tert-OH is 1. The predicted molar refractivity (Wildman–Crippen MR) is 107 cm³/mol. The molecule has 0 bridgehead atoms. The number of aromatic nitrogens is 1. The van der Waals surface area contributed by atoms with Gasteiger partial charge in [0.15, 0.2) is 6.10 Å². The summed E-state index contributed by atoms with van der Waals surface area (Å²) in [4.78, 5) is 19.1. The Hall–Kier alpha value is -1.18. The van der Waals surface area contributed by atoms with Gasteiger partial charge in [-0.15, -0.1) is 0 Å². The monoisotopic (exact) mass is 440 g/mol. The van der Waals surface area contributed by atoms with Crippen LogP contribution < -0.4 is 4.90 Å². The number of hydrogen-bond donors (Lipinski definition) is 1. The molecule has 2 aliphatic rings. The molecule has 1 N–H and O–H groups in total. The number of halogens is 1. The van der Waals surface area contributed by atoms with E-state index in [1.165, 1.54) is 0 Å². The van der Waals surface area contributed by atoms with Crippen molar-refractivity contribution in [3.63, 3.8) is 0 Å². The molecule has 1 aromatic heterocycles. The Morgan fingerprint density at radius 3 is 2.48 bits per heavy atom. The normalized spacial score (nSPS) is 20.3. The lowest BCUT2D eigenvalue weighted by Gasteiger charge is -2.41. The summed E-state index contributed by atoms with van der Waals surface area (Å²) in [5, 5.41) is 10.8. The molecule has 3 heterocycles. The summed E-state index contributed by atoms with van der Waals surface area (Å²) < 4.78 is 12.1. The summed E-state index contributed by atoms with van der Waals surface area (Å²) >= 11 is 3.65. The summed E-state index contributed by atoms with van der Waals surface area (Å²) in [6, 6.07) is 0. The average molecular weight is 441 g/mol. The molecule has 2 fully saturated rings. The zero-order chi connectivity index (χ0) is 19.8. The summed E-state index contributed by atoms with van der Waals surface area (Å²) in [7, 11) is 0. The van der Waals surface area contributed by atoms with E-state index in [1.54, 1.807) is 13.8 Å². The highest BCUT2D eigenvalue weighted by molar-refractivity contribution is 9.10. The van der Waals surface area contributed by atoms with Crippen LogP contribution in [0.1, 0.15) is 62.6 Å². The third-order valence-electron chi connectivity index (χ3n) is 5.53. The van der Waals surface area contributed by atoms with Crippen LogP contribution in [0.3, 0.4) is 0 Å². The van der Waals surface area contributed by atoms with E-state index in [-0.39, 0.29) is 11.7 Å². The average Bonchev–Trinajstić information content (AvgIpc) is 3.06. The van der Waals surface area contributed by atoms with E-state index in [2.05, 4.69) is 25.8 Å². The summed E-state index contributed by atoms with van der Waals surface area (Å²) in [5.74, 6) is -0.639. The van der Waals surface area contributed by atoms with E-state index in [0.717, 1.165) is 61.2 Å². The van der Waals surface area contributed by atoms with Crippen LogP contribution in [0.15, 0.2) is 4.47 Å². The molecule has 0 aliphatic carbocycles. The molecule has 7 heteroatoms. The Kier molecular flexibility index (Phi) is 6.13. The molecule has 2 aliphatic heterocycles. The molecule has 0 amide bonds. The summed E-state index contributed by atoms with van der Waals surface area (Å²) in [6.45, 7) is 9.79. The van der Waals surface area contributed by atoms with E-state index in [0.29, 0.717) is 11.3 Å². The van der Waals surface area contributed by atoms with E-state index < -0.39 is 12.1 Å². The van der Waals surface area contributed by atoms with Gasteiger partial charge in [-0.1, -0.05) is 0 Å². The van der Waals surface area contributed by atoms with Crippen molar-refractivity contribution in [1.82, 2.24) is 4.98 Å². The Labute approximate surface area is 169 Å². The fourth-order valence-electron chi connectivity index (χ4n) is 4.16. The van der Waals surface area contributed by atoms with Gasteiger partial charge in [-0.3, -0.25) is 4.98 Å². The molecule has 1 aromatic rings. The second-order valence-electron chi connectivity index (χ2n) is 7.87. The number of rotatable bonds is 4. The third kappa shape index (κ3) is 4.15. The molecule has 1 spiro atoms. The number of nitrogens with zero attached hydrogens (tertiary/aromatic N) is 2. The van der Waals surface area contributed by atoms with Crippen LogP contribution in [0, 0.1) is 13.8 Å². The smallest absolute Gasteiger partial charge is 0.340 e. The van der Waals surface area contributed by atoms with E-state index in [1.807, 2.05) is 13.8 Å². The predicted octanol–water partition coefficient (Wildman–Crippen LogP) is 3.60. The van der Waals surface area contributed by atoms with Crippen molar-refractivity contribution in [2.75, 3.05) is 24.6 Å². The van der Waals surface area contributed by atoms with Crippen molar-refractivity contribution < 1.29 is 19.4 Å². The fourth-order valence-corrected chi connectivity index (χ4v) is 4.71. The number of aryl methyl sites for hydroxylation is 2. The quantitative estimate of drug-likeness (QED) is 0.721. The Morgan fingerprint density at radius 2 is 1.93 bits per heavy atom. The van der Waals surface area contributed by atoms with Gasteiger partial charge in [0.25, 0.3) is 0 Å². The minimum absolute atomic E-state index is 0.00937. The van der Waals surface area contributed by atoms with Crippen molar-refractivity contribution in [3.05, 3.63) is 21.4 Å². The lowest BCUT2D eigenvalue weighted by Crippen LogP contribution is -2.44. The van der Waals surface area contributed by atoms with Crippen molar-refractivity contribution in [2.45, 2.75) is 71.2 Å². The molecule has 0 saturated carbocycles. The number of carbonyl (C=O) groups excluding carboxylic acids is 1. The van der Waals surface area contributed by atoms with Gasteiger partial charge in [0, 0.05) is 31.0 Å². The van der Waals surface area contributed by atoms with Gasteiger partial charge >= 0.3 is 5.97 Å². The van der Waals surface area contributed by atoms with Crippen LogP contribution in [0.5, 0.6) is 0 Å². The highest BCUT2D eigenvalue weighted by Crippen LogP contribution is 2.42. The second kappa shape index (κ2) is 8.05. The van der Waals surface area contributed by atoms with Crippen LogP contribution >= 0.6 is 15.9 Å². The molecule has 0 radical (unpaired) electrons. The molecule has 0 aromatic carbocycles. The third-order valence-corrected chi connectivity index (χ3v) is 6.48. The van der Waals surface area contributed by atoms with Gasteiger partial charge in [-0.05, 0) is 69.3 Å². The highest BCUT2D eigenvalue weighted by atomic mass is 79.9. The number of esters is 1. The van der Waals surface area contributed by atoms with E-state index in [4.69, 9.17) is 9.47 Å². The first-order chi connectivity index (χ1) is 12.7. The lowest BCUT2D eigenvalue weighted by atomic mass is 9.88. The van der Waals surface area contributed by atoms with Gasteiger partial charge in [0.05, 0.1) is 27.6 Å². The van der Waals surface area contributed by atoms with Gasteiger partial charge in [0.2, 0.25) is 0 Å². The molecule has 2 saturated heterocycles. The van der Waals surface area contributed by atoms with Gasteiger partial charge in [-0.2, -0.15) is 0 Å². The Morgan fingerprint density at radius 1 is 1.26 bits per heavy atom. The number of pyridine rings is 1. The van der Waals surface area contributed by atoms with Crippen molar-refractivity contribution in [2.24, 2.45) is 0 Å². The zero-order valence-corrected chi connectivity index (χ0v) is 18.1. The molecular formula is C20H29BrN2O4. The number of anilines is 1. The van der Waals surface area contributed by atoms with Crippen LogP contribution in [-0.4, -0.2) is 47.5 Å². The number of piperidine rings is 1. The maximum Gasteiger partial charge on any atom is 0.340 e. The Bertz CT molecular complexity index is 706. The number of carbonyl (C=O) groups is 1. The number of hydrogen-bond acceptors (Lipinski definition) is 6. The minimum Gasteiger partial charge on any atom is -0.461 e. The number of aliphatic hydroxyl groups is 1. The summed E-state index contributed by atoms with van der Waals surface area (Å²) in [6.07, 6.45) is 2.50. The molecular weight excluding hydrogens is 412 g/mol. The SMILES string of the molecule is Cc1nc(C)c([C@H](O)C(=O)OC(C)C)c(N2CCC3(CCCO3)CC2)c1Br. The molecule has 150 valence electrons. The van der Waals surface area contributed by atoms with Crippen molar-refractivity contribution >= 4 is 27.6 Å². The fraction of sp³-hybridized carbons (Fsp3) is 0.700. The highest BCUT2D eigenvalue weighted by Gasteiger charge is 2.40. The van der Waals surface area contributed by atoms with Gasteiger partial charge in [0.1, 0.15) is 0 Å². The molecule has 6 nitrogen and oxygen atoms in total. The topological polar surface area (TPSA) is 71.9 Å².